The van der Waals surface area contributed by atoms with Crippen LogP contribution in [0.4, 0.5) is 10.1 Å². The van der Waals surface area contributed by atoms with Gasteiger partial charge < -0.3 is 0 Å². The molecular formula is C11H8Br2FNO2S2. The molecule has 0 spiro atoms. The molecule has 0 aliphatic rings. The molecule has 2 aromatic rings. The molecule has 3 nitrogen and oxygen atoms in total. The van der Waals surface area contributed by atoms with Crippen molar-refractivity contribution in [1.82, 2.24) is 0 Å². The number of hydrogen-bond acceptors (Lipinski definition) is 3. The summed E-state index contributed by atoms with van der Waals surface area (Å²) < 4.78 is 41.2. The van der Waals surface area contributed by atoms with Crippen LogP contribution in [0.1, 0.15) is 5.56 Å². The standard InChI is InChI=1S/C11H8Br2FNO2S2/c1-6-4-7(12)8(14)5-9(6)15-19(16,17)11-3-2-10(13)18-11/h2-5,15H,1H3. The second kappa shape index (κ2) is 5.51. The third kappa shape index (κ3) is 3.36. The van der Waals surface area contributed by atoms with Crippen LogP contribution >= 0.6 is 43.2 Å². The van der Waals surface area contributed by atoms with E-state index in [4.69, 9.17) is 0 Å². The lowest BCUT2D eigenvalue weighted by Crippen LogP contribution is -2.12. The average Bonchev–Trinajstić information content (AvgIpc) is 2.73. The molecule has 0 atom stereocenters. The summed E-state index contributed by atoms with van der Waals surface area (Å²) in [5, 5.41) is 0. The average molecular weight is 429 g/mol. The number of nitrogens with one attached hydrogen (secondary N) is 1. The first kappa shape index (κ1) is 15.0. The maximum absolute atomic E-state index is 13.5. The molecule has 19 heavy (non-hydrogen) atoms. The smallest absolute Gasteiger partial charge is 0.271 e. The summed E-state index contributed by atoms with van der Waals surface area (Å²) in [6, 6.07) is 5.81. The summed E-state index contributed by atoms with van der Waals surface area (Å²) in [5.41, 5.74) is 0.859. The lowest BCUT2D eigenvalue weighted by molar-refractivity contribution is 0.603. The van der Waals surface area contributed by atoms with E-state index in [2.05, 4.69) is 36.6 Å². The maximum Gasteiger partial charge on any atom is 0.271 e. The van der Waals surface area contributed by atoms with Crippen molar-refractivity contribution in [2.45, 2.75) is 11.1 Å². The number of aryl methyl sites for hydroxylation is 1. The molecule has 1 aromatic carbocycles. The van der Waals surface area contributed by atoms with Crippen molar-refractivity contribution in [3.8, 4) is 0 Å². The summed E-state index contributed by atoms with van der Waals surface area (Å²) >= 11 is 7.35. The number of sulfonamides is 1. The fourth-order valence-electron chi connectivity index (χ4n) is 1.39. The van der Waals surface area contributed by atoms with Crippen molar-refractivity contribution in [3.05, 3.63) is 43.9 Å². The SMILES string of the molecule is Cc1cc(Br)c(F)cc1NS(=O)(=O)c1ccc(Br)s1. The number of benzene rings is 1. The minimum atomic E-state index is -3.69. The Balaban J connectivity index is 2.38. The van der Waals surface area contributed by atoms with Gasteiger partial charge in [-0.05, 0) is 68.6 Å². The number of hydrogen-bond donors (Lipinski definition) is 1. The van der Waals surface area contributed by atoms with Gasteiger partial charge in [0, 0.05) is 0 Å². The first-order valence-corrected chi connectivity index (χ1v) is 8.92. The van der Waals surface area contributed by atoms with Gasteiger partial charge in [-0.15, -0.1) is 11.3 Å². The second-order valence-electron chi connectivity index (χ2n) is 3.75. The van der Waals surface area contributed by atoms with Crippen LogP contribution in [0.2, 0.25) is 0 Å². The molecule has 8 heteroatoms. The topological polar surface area (TPSA) is 46.2 Å². The molecule has 0 saturated carbocycles. The molecule has 0 fully saturated rings. The van der Waals surface area contributed by atoms with Gasteiger partial charge in [-0.1, -0.05) is 0 Å². The molecule has 2 rings (SSSR count). The Kier molecular flexibility index (Phi) is 4.34. The van der Waals surface area contributed by atoms with Crippen molar-refractivity contribution < 1.29 is 12.8 Å². The molecule has 0 aliphatic carbocycles. The molecular weight excluding hydrogens is 421 g/mol. The van der Waals surface area contributed by atoms with Crippen molar-refractivity contribution in [1.29, 1.82) is 0 Å². The highest BCUT2D eigenvalue weighted by Crippen LogP contribution is 2.30. The Morgan fingerprint density at radius 3 is 2.53 bits per heavy atom. The first-order chi connectivity index (χ1) is 8.79. The van der Waals surface area contributed by atoms with E-state index < -0.39 is 15.8 Å². The Bertz CT molecular complexity index is 728. The predicted octanol–water partition coefficient (Wildman–Crippen LogP) is 4.52. The van der Waals surface area contributed by atoms with Crippen molar-refractivity contribution in [3.63, 3.8) is 0 Å². The van der Waals surface area contributed by atoms with Crippen LogP contribution in [0.3, 0.4) is 0 Å². The second-order valence-corrected chi connectivity index (χ2v) is 8.97. The van der Waals surface area contributed by atoms with E-state index >= 15 is 0 Å². The molecule has 0 radical (unpaired) electrons. The predicted molar refractivity (Wildman–Crippen MR) is 81.7 cm³/mol. The minimum Gasteiger partial charge on any atom is -0.279 e. The highest BCUT2D eigenvalue weighted by molar-refractivity contribution is 9.11. The van der Waals surface area contributed by atoms with Gasteiger partial charge in [0.15, 0.2) is 0 Å². The summed E-state index contributed by atoms with van der Waals surface area (Å²) in [4.78, 5) is 0. The summed E-state index contributed by atoms with van der Waals surface area (Å²) in [7, 11) is -3.69. The van der Waals surface area contributed by atoms with Gasteiger partial charge in [0.25, 0.3) is 10.0 Å². The van der Waals surface area contributed by atoms with E-state index in [0.29, 0.717) is 13.8 Å². The zero-order chi connectivity index (χ0) is 14.2. The molecule has 0 aliphatic heterocycles. The van der Waals surface area contributed by atoms with Crippen LogP contribution in [0.15, 0.2) is 36.7 Å². The van der Waals surface area contributed by atoms with E-state index in [9.17, 15) is 12.8 Å². The van der Waals surface area contributed by atoms with Gasteiger partial charge >= 0.3 is 0 Å². The van der Waals surface area contributed by atoms with Gasteiger partial charge in [0.1, 0.15) is 10.0 Å². The zero-order valence-electron chi connectivity index (χ0n) is 9.58. The lowest BCUT2D eigenvalue weighted by atomic mass is 10.2. The summed E-state index contributed by atoms with van der Waals surface area (Å²) in [5.74, 6) is -0.518. The van der Waals surface area contributed by atoms with Crippen molar-refractivity contribution in [2.24, 2.45) is 0 Å². The fraction of sp³-hybridized carbons (Fsp3) is 0.0909. The quantitative estimate of drug-likeness (QED) is 0.780. The molecule has 0 amide bonds. The monoisotopic (exact) mass is 427 g/mol. The lowest BCUT2D eigenvalue weighted by Gasteiger charge is -2.10. The number of thiophene rings is 1. The van der Waals surface area contributed by atoms with Crippen LogP contribution in [0.25, 0.3) is 0 Å². The Hall–Kier alpha value is -0.440. The van der Waals surface area contributed by atoms with Gasteiger partial charge in [-0.2, -0.15) is 0 Å². The molecule has 1 aromatic heterocycles. The Labute approximate surface area is 131 Å². The maximum atomic E-state index is 13.5. The van der Waals surface area contributed by atoms with E-state index in [0.717, 1.165) is 17.4 Å². The third-order valence-electron chi connectivity index (χ3n) is 2.33. The fourth-order valence-corrected chi connectivity index (χ4v) is 4.98. The van der Waals surface area contributed by atoms with Crippen LogP contribution < -0.4 is 4.72 Å². The minimum absolute atomic E-state index is 0.169. The van der Waals surface area contributed by atoms with Crippen LogP contribution in [-0.2, 0) is 10.0 Å². The van der Waals surface area contributed by atoms with Crippen LogP contribution in [-0.4, -0.2) is 8.42 Å². The van der Waals surface area contributed by atoms with Gasteiger partial charge in [0.2, 0.25) is 0 Å². The van der Waals surface area contributed by atoms with Crippen LogP contribution in [0, 0.1) is 12.7 Å². The van der Waals surface area contributed by atoms with Gasteiger partial charge in [-0.25, -0.2) is 12.8 Å². The van der Waals surface area contributed by atoms with Crippen molar-refractivity contribution >= 4 is 58.9 Å². The molecule has 102 valence electrons. The van der Waals surface area contributed by atoms with Gasteiger partial charge in [0.05, 0.1) is 13.9 Å². The van der Waals surface area contributed by atoms with Crippen molar-refractivity contribution in [2.75, 3.05) is 4.72 Å². The molecule has 1 heterocycles. The van der Waals surface area contributed by atoms with E-state index in [1.165, 1.54) is 12.1 Å². The summed E-state index contributed by atoms with van der Waals surface area (Å²) in [6.45, 7) is 1.70. The van der Waals surface area contributed by atoms with Gasteiger partial charge in [-0.3, -0.25) is 4.72 Å². The highest BCUT2D eigenvalue weighted by atomic mass is 79.9. The zero-order valence-corrected chi connectivity index (χ0v) is 14.4. The summed E-state index contributed by atoms with van der Waals surface area (Å²) in [6.07, 6.45) is 0. The molecule has 0 saturated heterocycles. The van der Waals surface area contributed by atoms with E-state index in [1.54, 1.807) is 13.0 Å². The third-order valence-corrected chi connectivity index (χ3v) is 6.41. The van der Waals surface area contributed by atoms with E-state index in [-0.39, 0.29) is 9.90 Å². The number of anilines is 1. The first-order valence-electron chi connectivity index (χ1n) is 5.03. The highest BCUT2D eigenvalue weighted by Gasteiger charge is 2.18. The van der Waals surface area contributed by atoms with E-state index in [1.807, 2.05) is 0 Å². The molecule has 0 bridgehead atoms. The van der Waals surface area contributed by atoms with Crippen LogP contribution in [0.5, 0.6) is 0 Å². The largest absolute Gasteiger partial charge is 0.279 e. The molecule has 1 N–H and O–H groups in total. The number of rotatable bonds is 3. The Morgan fingerprint density at radius 1 is 1.26 bits per heavy atom. The normalized spacial score (nSPS) is 11.6. The number of halogens is 3. The molecule has 0 unspecified atom stereocenters. The Morgan fingerprint density at radius 2 is 1.95 bits per heavy atom.